The van der Waals surface area contributed by atoms with Crippen molar-refractivity contribution in [2.75, 3.05) is 11.1 Å². The predicted molar refractivity (Wildman–Crippen MR) is 69.9 cm³/mol. The van der Waals surface area contributed by atoms with Crippen LogP contribution in [0.1, 0.15) is 15.9 Å². The van der Waals surface area contributed by atoms with E-state index in [0.29, 0.717) is 11.3 Å². The van der Waals surface area contributed by atoms with Gasteiger partial charge in [-0.3, -0.25) is 4.79 Å². The summed E-state index contributed by atoms with van der Waals surface area (Å²) in [7, 11) is 0. The van der Waals surface area contributed by atoms with E-state index in [1.807, 2.05) is 0 Å². The fourth-order valence-corrected chi connectivity index (χ4v) is 1.66. The third kappa shape index (κ3) is 2.88. The molecule has 5 heteroatoms. The summed E-state index contributed by atoms with van der Waals surface area (Å²) >= 11 is 0. The molecule has 0 unspecified atom stereocenters. The molecule has 0 radical (unpaired) electrons. The number of nitrogens with one attached hydrogen (secondary N) is 1. The molecule has 0 fully saturated rings. The van der Waals surface area contributed by atoms with Crippen molar-refractivity contribution in [2.24, 2.45) is 0 Å². The number of carbonyl (C=O) groups excluding carboxylic acids is 1. The molecule has 0 aliphatic rings. The summed E-state index contributed by atoms with van der Waals surface area (Å²) in [5.41, 5.74) is 6.57. The normalized spacial score (nSPS) is 10.3. The zero-order valence-electron chi connectivity index (χ0n) is 10.2. The fourth-order valence-electron chi connectivity index (χ4n) is 1.66. The van der Waals surface area contributed by atoms with Gasteiger partial charge in [-0.2, -0.15) is 0 Å². The first-order valence-electron chi connectivity index (χ1n) is 5.60. The van der Waals surface area contributed by atoms with Crippen LogP contribution in [-0.4, -0.2) is 5.91 Å². The highest BCUT2D eigenvalue weighted by atomic mass is 19.1. The lowest BCUT2D eigenvalue weighted by molar-refractivity contribution is 0.102. The number of nitrogens with two attached hydrogens (primary N) is 1. The molecule has 19 heavy (non-hydrogen) atoms. The highest BCUT2D eigenvalue weighted by Gasteiger charge is 2.11. The van der Waals surface area contributed by atoms with Crippen molar-refractivity contribution in [3.8, 4) is 0 Å². The summed E-state index contributed by atoms with van der Waals surface area (Å²) in [4.78, 5) is 12.0. The molecule has 0 atom stereocenters. The predicted octanol–water partition coefficient (Wildman–Crippen LogP) is 3.11. The number of aryl methyl sites for hydroxylation is 1. The highest BCUT2D eigenvalue weighted by Crippen LogP contribution is 2.18. The molecule has 2 rings (SSSR count). The number of rotatable bonds is 2. The molecule has 0 aromatic heterocycles. The number of anilines is 2. The van der Waals surface area contributed by atoms with Crippen molar-refractivity contribution in [3.05, 3.63) is 59.2 Å². The number of halogens is 2. The minimum Gasteiger partial charge on any atom is -0.396 e. The molecule has 0 heterocycles. The zero-order valence-corrected chi connectivity index (χ0v) is 10.2. The van der Waals surface area contributed by atoms with Crippen molar-refractivity contribution in [1.29, 1.82) is 0 Å². The summed E-state index contributed by atoms with van der Waals surface area (Å²) in [6, 6.07) is 7.80. The second-order valence-electron chi connectivity index (χ2n) is 4.15. The van der Waals surface area contributed by atoms with Crippen molar-refractivity contribution >= 4 is 17.3 Å². The van der Waals surface area contributed by atoms with Crippen LogP contribution in [0.3, 0.4) is 0 Å². The van der Waals surface area contributed by atoms with Crippen molar-refractivity contribution < 1.29 is 13.6 Å². The van der Waals surface area contributed by atoms with E-state index in [1.165, 1.54) is 24.3 Å². The van der Waals surface area contributed by atoms with Crippen LogP contribution in [0, 0.1) is 18.6 Å². The van der Waals surface area contributed by atoms with Gasteiger partial charge in [0.25, 0.3) is 5.91 Å². The summed E-state index contributed by atoms with van der Waals surface area (Å²) in [5, 5.41) is 2.54. The number of carbonyl (C=O) groups is 1. The summed E-state index contributed by atoms with van der Waals surface area (Å²) < 4.78 is 26.1. The molecular weight excluding hydrogens is 250 g/mol. The van der Waals surface area contributed by atoms with Crippen LogP contribution in [0.2, 0.25) is 0 Å². The summed E-state index contributed by atoms with van der Waals surface area (Å²) in [6.45, 7) is 1.70. The van der Waals surface area contributed by atoms with Crippen LogP contribution < -0.4 is 11.1 Å². The maximum atomic E-state index is 13.1. The third-order valence-corrected chi connectivity index (χ3v) is 2.70. The number of hydrogen-bond acceptors (Lipinski definition) is 2. The summed E-state index contributed by atoms with van der Waals surface area (Å²) in [5.74, 6) is -1.52. The van der Waals surface area contributed by atoms with E-state index in [2.05, 4.69) is 5.32 Å². The molecule has 3 nitrogen and oxygen atoms in total. The van der Waals surface area contributed by atoms with Gasteiger partial charge in [0.05, 0.1) is 5.69 Å². The fraction of sp³-hybridized carbons (Fsp3) is 0.0714. The van der Waals surface area contributed by atoms with Crippen molar-refractivity contribution in [1.82, 2.24) is 0 Å². The molecule has 2 aromatic carbocycles. The molecule has 98 valence electrons. The Morgan fingerprint density at radius 3 is 2.58 bits per heavy atom. The number of hydrogen-bond donors (Lipinski definition) is 2. The first-order chi connectivity index (χ1) is 8.97. The second kappa shape index (κ2) is 5.06. The lowest BCUT2D eigenvalue weighted by atomic mass is 10.1. The highest BCUT2D eigenvalue weighted by molar-refractivity contribution is 6.05. The van der Waals surface area contributed by atoms with Crippen LogP contribution in [0.25, 0.3) is 0 Å². The number of amides is 1. The van der Waals surface area contributed by atoms with Crippen molar-refractivity contribution in [2.45, 2.75) is 6.92 Å². The number of nitrogen functional groups attached to an aromatic ring is 1. The quantitative estimate of drug-likeness (QED) is 0.817. The standard InChI is InChI=1S/C14H12F2N2O/c1-8-2-3-9(15)6-11(8)14(19)18-10-4-5-12(16)13(17)7-10/h2-7H,17H2,1H3,(H,18,19). The average molecular weight is 262 g/mol. The Morgan fingerprint density at radius 1 is 1.16 bits per heavy atom. The monoisotopic (exact) mass is 262 g/mol. The molecule has 1 amide bonds. The minimum atomic E-state index is -0.556. The van der Waals surface area contributed by atoms with E-state index < -0.39 is 17.5 Å². The Hall–Kier alpha value is -2.43. The second-order valence-corrected chi connectivity index (χ2v) is 4.15. The molecule has 3 N–H and O–H groups in total. The molecule has 2 aromatic rings. The van der Waals surface area contributed by atoms with Gasteiger partial charge >= 0.3 is 0 Å². The molecule has 0 saturated carbocycles. The lowest BCUT2D eigenvalue weighted by Crippen LogP contribution is -2.14. The largest absolute Gasteiger partial charge is 0.396 e. The Balaban J connectivity index is 2.25. The SMILES string of the molecule is Cc1ccc(F)cc1C(=O)Nc1ccc(F)c(N)c1. The van der Waals surface area contributed by atoms with E-state index >= 15 is 0 Å². The zero-order chi connectivity index (χ0) is 14.0. The van der Waals surface area contributed by atoms with E-state index in [1.54, 1.807) is 6.92 Å². The van der Waals surface area contributed by atoms with Gasteiger partial charge < -0.3 is 11.1 Å². The van der Waals surface area contributed by atoms with Gasteiger partial charge in [0.1, 0.15) is 11.6 Å². The van der Waals surface area contributed by atoms with Crippen LogP contribution in [0.15, 0.2) is 36.4 Å². The first kappa shape index (κ1) is 13.0. The minimum absolute atomic E-state index is 0.0613. The maximum Gasteiger partial charge on any atom is 0.256 e. The van der Waals surface area contributed by atoms with Crippen molar-refractivity contribution in [3.63, 3.8) is 0 Å². The maximum absolute atomic E-state index is 13.1. The molecule has 0 aliphatic heterocycles. The molecule has 0 aliphatic carbocycles. The van der Waals surface area contributed by atoms with Gasteiger partial charge in [-0.25, -0.2) is 8.78 Å². The van der Waals surface area contributed by atoms with Gasteiger partial charge in [-0.15, -0.1) is 0 Å². The Morgan fingerprint density at radius 2 is 1.89 bits per heavy atom. The van der Waals surface area contributed by atoms with Crippen LogP contribution in [-0.2, 0) is 0 Å². The Labute approximate surface area is 109 Å². The molecule has 0 saturated heterocycles. The Kier molecular flexibility index (Phi) is 3.46. The third-order valence-electron chi connectivity index (χ3n) is 2.70. The van der Waals surface area contributed by atoms with Crippen LogP contribution in [0.4, 0.5) is 20.2 Å². The Bertz CT molecular complexity index is 641. The number of benzene rings is 2. The molecular formula is C14H12F2N2O. The van der Waals surface area contributed by atoms with E-state index in [9.17, 15) is 13.6 Å². The first-order valence-corrected chi connectivity index (χ1v) is 5.60. The van der Waals surface area contributed by atoms with E-state index in [4.69, 9.17) is 5.73 Å². The lowest BCUT2D eigenvalue weighted by Gasteiger charge is -2.08. The molecule has 0 bridgehead atoms. The van der Waals surface area contributed by atoms with Crippen LogP contribution >= 0.6 is 0 Å². The van der Waals surface area contributed by atoms with Gasteiger partial charge in [0.2, 0.25) is 0 Å². The topological polar surface area (TPSA) is 55.1 Å². The average Bonchev–Trinajstić information content (AvgIpc) is 2.36. The van der Waals surface area contributed by atoms with Gasteiger partial charge in [-0.1, -0.05) is 6.07 Å². The van der Waals surface area contributed by atoms with E-state index in [0.717, 1.165) is 12.1 Å². The summed E-state index contributed by atoms with van der Waals surface area (Å²) in [6.07, 6.45) is 0. The van der Waals surface area contributed by atoms with Gasteiger partial charge in [-0.05, 0) is 42.8 Å². The smallest absolute Gasteiger partial charge is 0.256 e. The van der Waals surface area contributed by atoms with Gasteiger partial charge in [0, 0.05) is 11.3 Å². The van der Waals surface area contributed by atoms with Crippen LogP contribution in [0.5, 0.6) is 0 Å². The van der Waals surface area contributed by atoms with E-state index in [-0.39, 0.29) is 11.3 Å². The van der Waals surface area contributed by atoms with Gasteiger partial charge in [0.15, 0.2) is 0 Å². The molecule has 0 spiro atoms.